The van der Waals surface area contributed by atoms with Crippen molar-refractivity contribution in [3.8, 4) is 0 Å². The van der Waals surface area contributed by atoms with Crippen LogP contribution in [0.1, 0.15) is 5.82 Å². The van der Waals surface area contributed by atoms with Gasteiger partial charge in [0.05, 0.1) is 16.4 Å². The van der Waals surface area contributed by atoms with Crippen molar-refractivity contribution in [2.24, 2.45) is 0 Å². The summed E-state index contributed by atoms with van der Waals surface area (Å²) in [6.45, 7) is 4.15. The Kier molecular flexibility index (Phi) is 4.41. The molecule has 3 rings (SSSR count). The van der Waals surface area contributed by atoms with Crippen molar-refractivity contribution < 1.29 is 0 Å². The van der Waals surface area contributed by atoms with E-state index in [4.69, 9.17) is 23.2 Å². The molecule has 1 aromatic carbocycles. The van der Waals surface area contributed by atoms with Crippen LogP contribution >= 0.6 is 23.2 Å². The maximum absolute atomic E-state index is 6.26. The van der Waals surface area contributed by atoms with Crippen molar-refractivity contribution in [3.63, 3.8) is 0 Å². The zero-order valence-corrected chi connectivity index (χ0v) is 13.9. The van der Waals surface area contributed by atoms with E-state index in [0.717, 1.165) is 43.0 Å². The molecule has 6 heteroatoms. The largest absolute Gasteiger partial charge is 0.325 e. The molecule has 1 atom stereocenters. The molecule has 4 nitrogen and oxygen atoms in total. The number of nitrogens with zero attached hydrogens (tertiary/aromatic N) is 4. The number of likely N-dealkylation sites (N-methyl/N-ethyl adjacent to an activating group) is 2. The minimum absolute atomic E-state index is 0.400. The summed E-state index contributed by atoms with van der Waals surface area (Å²) in [4.78, 5) is 9.39. The van der Waals surface area contributed by atoms with Crippen molar-refractivity contribution in [2.75, 3.05) is 33.7 Å². The van der Waals surface area contributed by atoms with Crippen LogP contribution in [0, 0.1) is 0 Å². The molecule has 2 heterocycles. The fourth-order valence-corrected chi connectivity index (χ4v) is 3.39. The molecule has 1 aromatic heterocycles. The molecule has 1 unspecified atom stereocenters. The van der Waals surface area contributed by atoms with E-state index in [2.05, 4.69) is 39.5 Å². The first kappa shape index (κ1) is 15.1. The molecule has 0 aliphatic carbocycles. The SMILES string of the molecule is CN1CCN(C)C(Cn2c(CCl)nc3c(Cl)cccc32)C1. The van der Waals surface area contributed by atoms with Gasteiger partial charge in [-0.1, -0.05) is 17.7 Å². The van der Waals surface area contributed by atoms with Gasteiger partial charge in [0.1, 0.15) is 11.3 Å². The summed E-state index contributed by atoms with van der Waals surface area (Å²) in [7, 11) is 4.36. The van der Waals surface area contributed by atoms with Crippen LogP contribution in [-0.4, -0.2) is 59.1 Å². The number of hydrogen-bond donors (Lipinski definition) is 0. The first-order valence-corrected chi connectivity index (χ1v) is 8.09. The first-order valence-electron chi connectivity index (χ1n) is 7.18. The summed E-state index contributed by atoms with van der Waals surface area (Å²) in [5.74, 6) is 1.29. The van der Waals surface area contributed by atoms with Gasteiger partial charge in [0.15, 0.2) is 0 Å². The maximum atomic E-state index is 6.26. The van der Waals surface area contributed by atoms with Gasteiger partial charge in [-0.05, 0) is 26.2 Å². The van der Waals surface area contributed by atoms with Gasteiger partial charge in [0.2, 0.25) is 0 Å². The summed E-state index contributed by atoms with van der Waals surface area (Å²) in [5.41, 5.74) is 1.92. The number of para-hydroxylation sites is 1. The van der Waals surface area contributed by atoms with E-state index in [0.29, 0.717) is 16.9 Å². The fraction of sp³-hybridized carbons (Fsp3) is 0.533. The second-order valence-electron chi connectivity index (χ2n) is 5.78. The highest BCUT2D eigenvalue weighted by Gasteiger charge is 2.24. The number of halogens is 2. The Morgan fingerprint density at radius 3 is 2.86 bits per heavy atom. The third kappa shape index (κ3) is 2.90. The lowest BCUT2D eigenvalue weighted by atomic mass is 10.2. The number of imidazole rings is 1. The number of hydrogen-bond acceptors (Lipinski definition) is 3. The number of benzene rings is 1. The molecule has 0 bridgehead atoms. The van der Waals surface area contributed by atoms with E-state index >= 15 is 0 Å². The van der Waals surface area contributed by atoms with E-state index < -0.39 is 0 Å². The van der Waals surface area contributed by atoms with Crippen molar-refractivity contribution in [1.82, 2.24) is 19.4 Å². The highest BCUT2D eigenvalue weighted by Crippen LogP contribution is 2.25. The molecule has 0 saturated carbocycles. The minimum Gasteiger partial charge on any atom is -0.325 e. The number of rotatable bonds is 3. The zero-order valence-electron chi connectivity index (χ0n) is 12.4. The van der Waals surface area contributed by atoms with E-state index in [9.17, 15) is 0 Å². The van der Waals surface area contributed by atoms with Crippen LogP contribution in [0.25, 0.3) is 11.0 Å². The van der Waals surface area contributed by atoms with E-state index in [1.54, 1.807) is 0 Å². The second-order valence-corrected chi connectivity index (χ2v) is 6.45. The Hall–Kier alpha value is -0.810. The van der Waals surface area contributed by atoms with Crippen LogP contribution in [0.2, 0.25) is 5.02 Å². The minimum atomic E-state index is 0.400. The van der Waals surface area contributed by atoms with Gasteiger partial charge in [-0.25, -0.2) is 4.98 Å². The van der Waals surface area contributed by atoms with Crippen molar-refractivity contribution in [2.45, 2.75) is 18.5 Å². The fourth-order valence-electron chi connectivity index (χ4n) is 2.98. The molecule has 1 fully saturated rings. The lowest BCUT2D eigenvalue weighted by molar-refractivity contribution is 0.103. The molecule has 0 radical (unpaired) electrons. The van der Waals surface area contributed by atoms with Crippen molar-refractivity contribution in [1.29, 1.82) is 0 Å². The summed E-state index contributed by atoms with van der Waals surface area (Å²) in [5, 5.41) is 0.687. The van der Waals surface area contributed by atoms with Gasteiger partial charge in [0, 0.05) is 32.2 Å². The molecule has 114 valence electrons. The van der Waals surface area contributed by atoms with Gasteiger partial charge in [-0.2, -0.15) is 0 Å². The summed E-state index contributed by atoms with van der Waals surface area (Å²) in [6.07, 6.45) is 0. The second kappa shape index (κ2) is 6.13. The average molecular weight is 327 g/mol. The van der Waals surface area contributed by atoms with Gasteiger partial charge in [-0.15, -0.1) is 11.6 Å². The highest BCUT2D eigenvalue weighted by molar-refractivity contribution is 6.35. The Labute approximate surface area is 135 Å². The van der Waals surface area contributed by atoms with E-state index in [1.807, 2.05) is 12.1 Å². The van der Waals surface area contributed by atoms with Crippen molar-refractivity contribution in [3.05, 3.63) is 29.0 Å². The summed E-state index contributed by atoms with van der Waals surface area (Å²) in [6, 6.07) is 6.37. The van der Waals surface area contributed by atoms with Crippen LogP contribution in [-0.2, 0) is 12.4 Å². The molecule has 21 heavy (non-hydrogen) atoms. The Morgan fingerprint density at radius 1 is 1.29 bits per heavy atom. The maximum Gasteiger partial charge on any atom is 0.124 e. The molecule has 0 N–H and O–H groups in total. The third-order valence-corrected chi connectivity index (χ3v) is 4.85. The predicted molar refractivity (Wildman–Crippen MR) is 88.2 cm³/mol. The smallest absolute Gasteiger partial charge is 0.124 e. The number of alkyl halides is 1. The quantitative estimate of drug-likeness (QED) is 0.810. The molecule has 0 amide bonds. The number of aromatic nitrogens is 2. The molecule has 1 saturated heterocycles. The van der Waals surface area contributed by atoms with Crippen LogP contribution < -0.4 is 0 Å². The zero-order chi connectivity index (χ0) is 15.0. The van der Waals surface area contributed by atoms with Crippen LogP contribution in [0.3, 0.4) is 0 Å². The lowest BCUT2D eigenvalue weighted by Crippen LogP contribution is -2.51. The van der Waals surface area contributed by atoms with E-state index in [1.165, 1.54) is 0 Å². The predicted octanol–water partition coefficient (Wildman–Crippen LogP) is 2.67. The van der Waals surface area contributed by atoms with Gasteiger partial charge < -0.3 is 9.47 Å². The average Bonchev–Trinajstić information content (AvgIpc) is 2.82. The number of piperazine rings is 1. The topological polar surface area (TPSA) is 24.3 Å². The molecule has 1 aliphatic heterocycles. The molecular formula is C15H20Cl2N4. The Morgan fingerprint density at radius 2 is 2.10 bits per heavy atom. The van der Waals surface area contributed by atoms with Crippen LogP contribution in [0.15, 0.2) is 18.2 Å². The van der Waals surface area contributed by atoms with E-state index in [-0.39, 0.29) is 0 Å². The lowest BCUT2D eigenvalue weighted by Gasteiger charge is -2.38. The Balaban J connectivity index is 1.97. The monoisotopic (exact) mass is 326 g/mol. The summed E-state index contributed by atoms with van der Waals surface area (Å²) >= 11 is 12.3. The van der Waals surface area contributed by atoms with Crippen LogP contribution in [0.5, 0.6) is 0 Å². The van der Waals surface area contributed by atoms with Gasteiger partial charge >= 0.3 is 0 Å². The normalized spacial score (nSPS) is 21.2. The molecular weight excluding hydrogens is 307 g/mol. The molecule has 2 aromatic rings. The van der Waals surface area contributed by atoms with Gasteiger partial charge in [0.25, 0.3) is 0 Å². The van der Waals surface area contributed by atoms with Gasteiger partial charge in [-0.3, -0.25) is 4.90 Å². The molecule has 0 spiro atoms. The standard InChI is InChI=1S/C15H20Cl2N4/c1-19-6-7-20(2)11(9-19)10-21-13-5-3-4-12(17)15(13)18-14(21)8-16/h3-5,11H,6-10H2,1-2H3. The number of fused-ring (bicyclic) bond motifs is 1. The summed E-state index contributed by atoms with van der Waals surface area (Å²) < 4.78 is 2.22. The molecule has 1 aliphatic rings. The van der Waals surface area contributed by atoms with Crippen LogP contribution in [0.4, 0.5) is 0 Å². The highest BCUT2D eigenvalue weighted by atomic mass is 35.5. The third-order valence-electron chi connectivity index (χ3n) is 4.30. The first-order chi connectivity index (χ1) is 10.1. The van der Waals surface area contributed by atoms with Crippen molar-refractivity contribution >= 4 is 34.2 Å². The Bertz CT molecular complexity index is 640.